The average Bonchev–Trinajstić information content (AvgIpc) is 3.44. The summed E-state index contributed by atoms with van der Waals surface area (Å²) in [5.74, 6) is 5.99. The van der Waals surface area contributed by atoms with E-state index in [1.165, 1.54) is 37.3 Å². The largest absolute Gasteiger partial charge is 0.504 e. The minimum Gasteiger partial charge on any atom is -0.504 e. The lowest BCUT2D eigenvalue weighted by Gasteiger charge is -2.58. The lowest BCUT2D eigenvalue weighted by molar-refractivity contribution is -0.0975. The van der Waals surface area contributed by atoms with Gasteiger partial charge in [-0.1, -0.05) is 30.5 Å². The van der Waals surface area contributed by atoms with Crippen molar-refractivity contribution in [2.75, 3.05) is 7.11 Å². The van der Waals surface area contributed by atoms with Crippen molar-refractivity contribution >= 4 is 12.4 Å². The summed E-state index contributed by atoms with van der Waals surface area (Å²) in [7, 11) is 1.43. The number of methoxy groups -OCH3 is 1. The van der Waals surface area contributed by atoms with E-state index in [1.807, 2.05) is 6.20 Å². The highest BCUT2D eigenvalue weighted by Crippen LogP contribution is 2.67. The number of nitrogens with zero attached hydrogens (tertiary/aromatic N) is 1. The van der Waals surface area contributed by atoms with Gasteiger partial charge in [0.15, 0.2) is 17.3 Å². The highest BCUT2D eigenvalue weighted by molar-refractivity contribution is 5.76. The standard InChI is InChI=1S/C22H27NO2.C8H8O3/c1-4-22(24)10-8-18-16-6-5-15-11-19-14(13-23-25-19)12-20(15,2)17(16)7-9-21(18,22)3;1-11-8-4-6(5-9)2-3-7(8)10/h1,11,13,16-18,24H,5-10,12H2,2-3H3;2-5,10H,1H3/t16-,17+,18+,20+,21+,22+;/m1./s1. The number of ether oxygens (including phenoxy) is 1. The van der Waals surface area contributed by atoms with Crippen molar-refractivity contribution in [1.82, 2.24) is 5.16 Å². The average molecular weight is 490 g/mol. The Balaban J connectivity index is 0.000000205. The Morgan fingerprint density at radius 3 is 2.72 bits per heavy atom. The number of carbonyl (C=O) groups is 1. The number of carbonyl (C=O) groups excluding carboxylic acids is 1. The highest BCUT2D eigenvalue weighted by atomic mass is 16.5. The van der Waals surface area contributed by atoms with Crippen molar-refractivity contribution in [3.8, 4) is 23.8 Å². The monoisotopic (exact) mass is 489 g/mol. The molecule has 2 aromatic rings. The molecule has 6 heteroatoms. The van der Waals surface area contributed by atoms with Gasteiger partial charge in [0.25, 0.3) is 0 Å². The number of aromatic hydroxyl groups is 1. The molecule has 0 spiro atoms. The lowest BCUT2D eigenvalue weighted by Crippen LogP contribution is -2.54. The summed E-state index contributed by atoms with van der Waals surface area (Å²) < 4.78 is 10.2. The summed E-state index contributed by atoms with van der Waals surface area (Å²) in [6.45, 7) is 4.71. The van der Waals surface area contributed by atoms with E-state index in [2.05, 4.69) is 31.0 Å². The number of phenolic OH excluding ortho intramolecular Hbond substituents is 1. The molecular weight excluding hydrogens is 454 g/mol. The quantitative estimate of drug-likeness (QED) is 0.431. The van der Waals surface area contributed by atoms with E-state index in [0.29, 0.717) is 35.4 Å². The van der Waals surface area contributed by atoms with E-state index in [9.17, 15) is 9.90 Å². The number of terminal acetylenes is 1. The lowest BCUT2D eigenvalue weighted by atomic mass is 9.46. The van der Waals surface area contributed by atoms with E-state index < -0.39 is 5.60 Å². The number of aromatic nitrogens is 1. The number of rotatable bonds is 2. The molecule has 190 valence electrons. The van der Waals surface area contributed by atoms with Crippen LogP contribution in [0.5, 0.6) is 11.5 Å². The molecule has 36 heavy (non-hydrogen) atoms. The van der Waals surface area contributed by atoms with Gasteiger partial charge in [0.2, 0.25) is 0 Å². The molecule has 2 N–H and O–H groups in total. The number of phenols is 1. The van der Waals surface area contributed by atoms with Crippen LogP contribution in [0.4, 0.5) is 0 Å². The molecule has 0 radical (unpaired) electrons. The predicted octanol–water partition coefficient (Wildman–Crippen LogP) is 5.43. The molecule has 4 aliphatic rings. The van der Waals surface area contributed by atoms with Gasteiger partial charge in [-0.2, -0.15) is 0 Å². The number of aliphatic hydroxyl groups is 1. The second-order valence-corrected chi connectivity index (χ2v) is 11.4. The van der Waals surface area contributed by atoms with Gasteiger partial charge in [0, 0.05) is 16.5 Å². The minimum atomic E-state index is -0.909. The molecule has 6 atom stereocenters. The maximum absolute atomic E-state index is 11.1. The third-order valence-electron chi connectivity index (χ3n) is 10.0. The van der Waals surface area contributed by atoms with Gasteiger partial charge in [-0.15, -0.1) is 6.42 Å². The van der Waals surface area contributed by atoms with Crippen LogP contribution in [-0.2, 0) is 6.42 Å². The summed E-state index contributed by atoms with van der Waals surface area (Å²) in [6, 6.07) is 4.41. The van der Waals surface area contributed by atoms with Crippen molar-refractivity contribution < 1.29 is 24.3 Å². The second-order valence-electron chi connectivity index (χ2n) is 11.4. The summed E-state index contributed by atoms with van der Waals surface area (Å²) in [5.41, 5.74) is 2.48. The van der Waals surface area contributed by atoms with Crippen LogP contribution in [0, 0.1) is 40.9 Å². The van der Waals surface area contributed by atoms with Crippen LogP contribution >= 0.6 is 0 Å². The van der Waals surface area contributed by atoms with Crippen LogP contribution in [0.3, 0.4) is 0 Å². The molecule has 3 saturated carbocycles. The van der Waals surface area contributed by atoms with Gasteiger partial charge in [0.1, 0.15) is 11.9 Å². The SMILES string of the molecule is C#C[C@]1(O)CC[C@H]2[C@@H]3CCC4=Cc5oncc5C[C@]4(C)[C@H]3CC[C@@]21C.COc1cc(C=O)ccc1O. The number of benzene rings is 1. The van der Waals surface area contributed by atoms with Gasteiger partial charge >= 0.3 is 0 Å². The Morgan fingerprint density at radius 2 is 2.00 bits per heavy atom. The molecule has 6 rings (SSSR count). The molecule has 0 bridgehead atoms. The van der Waals surface area contributed by atoms with E-state index in [1.54, 1.807) is 5.57 Å². The molecule has 4 aliphatic carbocycles. The van der Waals surface area contributed by atoms with Crippen molar-refractivity contribution in [3.63, 3.8) is 0 Å². The third-order valence-corrected chi connectivity index (χ3v) is 10.0. The van der Waals surface area contributed by atoms with Crippen LogP contribution in [-0.4, -0.2) is 34.4 Å². The summed E-state index contributed by atoms with van der Waals surface area (Å²) >= 11 is 0. The Morgan fingerprint density at radius 1 is 1.22 bits per heavy atom. The minimum absolute atomic E-state index is 0.0399. The number of hydrogen-bond acceptors (Lipinski definition) is 6. The van der Waals surface area contributed by atoms with Gasteiger partial charge in [-0.05, 0) is 92.4 Å². The molecule has 3 fully saturated rings. The van der Waals surface area contributed by atoms with Gasteiger partial charge in [-0.3, -0.25) is 4.79 Å². The third kappa shape index (κ3) is 3.59. The zero-order chi connectivity index (χ0) is 25.7. The van der Waals surface area contributed by atoms with Crippen LogP contribution in [0.1, 0.15) is 74.1 Å². The fraction of sp³-hybridized carbons (Fsp3) is 0.533. The molecule has 1 aromatic carbocycles. The van der Waals surface area contributed by atoms with Crippen LogP contribution < -0.4 is 4.74 Å². The van der Waals surface area contributed by atoms with Crippen molar-refractivity contribution in [2.45, 2.75) is 64.4 Å². The zero-order valence-electron chi connectivity index (χ0n) is 21.3. The highest BCUT2D eigenvalue weighted by Gasteiger charge is 2.63. The zero-order valence-corrected chi connectivity index (χ0v) is 21.3. The predicted molar refractivity (Wildman–Crippen MR) is 136 cm³/mol. The number of fused-ring (bicyclic) bond motifs is 6. The molecule has 1 heterocycles. The van der Waals surface area contributed by atoms with E-state index in [-0.39, 0.29) is 16.6 Å². The summed E-state index contributed by atoms with van der Waals surface area (Å²) in [5, 5.41) is 24.2. The van der Waals surface area contributed by atoms with Crippen LogP contribution in [0.15, 0.2) is 34.5 Å². The smallest absolute Gasteiger partial charge is 0.162 e. The van der Waals surface area contributed by atoms with Crippen molar-refractivity contribution in [1.29, 1.82) is 0 Å². The molecule has 6 nitrogen and oxygen atoms in total. The first kappa shape index (κ1) is 24.6. The summed E-state index contributed by atoms with van der Waals surface area (Å²) in [6.07, 6.45) is 18.1. The number of hydrogen-bond donors (Lipinski definition) is 2. The second kappa shape index (κ2) is 8.81. The normalized spacial score (nSPS) is 36.0. The van der Waals surface area contributed by atoms with Gasteiger partial charge < -0.3 is 19.5 Å². The van der Waals surface area contributed by atoms with E-state index in [4.69, 9.17) is 20.8 Å². The fourth-order valence-corrected chi connectivity index (χ4v) is 7.90. The van der Waals surface area contributed by atoms with Crippen molar-refractivity contribution in [2.24, 2.45) is 28.6 Å². The van der Waals surface area contributed by atoms with Crippen molar-refractivity contribution in [3.05, 3.63) is 46.9 Å². The Kier molecular flexibility index (Phi) is 6.03. The van der Waals surface area contributed by atoms with Crippen LogP contribution in [0.2, 0.25) is 0 Å². The maximum Gasteiger partial charge on any atom is 0.162 e. The molecule has 0 aliphatic heterocycles. The first-order chi connectivity index (χ1) is 17.2. The molecular formula is C30H35NO5. The first-order valence-corrected chi connectivity index (χ1v) is 12.9. The van der Waals surface area contributed by atoms with Crippen LogP contribution in [0.25, 0.3) is 6.08 Å². The van der Waals surface area contributed by atoms with Gasteiger partial charge in [0.05, 0.1) is 13.3 Å². The Hall–Kier alpha value is -3.04. The number of aldehydes is 1. The molecule has 1 aromatic heterocycles. The fourth-order valence-electron chi connectivity index (χ4n) is 7.90. The molecule has 0 unspecified atom stereocenters. The van der Waals surface area contributed by atoms with E-state index in [0.717, 1.165) is 44.3 Å². The maximum atomic E-state index is 11.1. The molecule has 0 saturated heterocycles. The topological polar surface area (TPSA) is 92.8 Å². The molecule has 0 amide bonds. The Bertz CT molecular complexity index is 1240. The van der Waals surface area contributed by atoms with Gasteiger partial charge in [-0.25, -0.2) is 0 Å². The number of allylic oxidation sites excluding steroid dienone is 1. The van der Waals surface area contributed by atoms with E-state index >= 15 is 0 Å². The first-order valence-electron chi connectivity index (χ1n) is 12.9. The Labute approximate surface area is 212 Å². The summed E-state index contributed by atoms with van der Waals surface area (Å²) in [4.78, 5) is 10.2.